The van der Waals surface area contributed by atoms with E-state index < -0.39 is 11.7 Å². The molecule has 0 radical (unpaired) electrons. The van der Waals surface area contributed by atoms with Crippen molar-refractivity contribution in [1.29, 1.82) is 0 Å². The number of benzene rings is 1. The van der Waals surface area contributed by atoms with Crippen LogP contribution in [-0.2, 0) is 11.2 Å². The average Bonchev–Trinajstić information content (AvgIpc) is 2.20. The van der Waals surface area contributed by atoms with Gasteiger partial charge in [-0.2, -0.15) is 0 Å². The molecule has 1 aromatic rings. The van der Waals surface area contributed by atoms with Crippen LogP contribution in [0.1, 0.15) is 37.8 Å². The lowest BCUT2D eigenvalue weighted by molar-refractivity contribution is 0.0523. The molecule has 1 aromatic carbocycles. The number of amides is 1. The van der Waals surface area contributed by atoms with Crippen LogP contribution in [0, 0.1) is 0 Å². The number of phenols is 1. The minimum absolute atomic E-state index is 0.274. The standard InChI is InChI=1S/C14H19NO3/c1-14(2,3)18-13(17)15-8-10-6-9-4-5-11(16)7-12(9)10/h4-5,7,10,16H,6,8H2,1-3H3,(H,15,17). The topological polar surface area (TPSA) is 58.6 Å². The van der Waals surface area contributed by atoms with Crippen molar-refractivity contribution in [3.63, 3.8) is 0 Å². The minimum Gasteiger partial charge on any atom is -0.508 e. The highest BCUT2D eigenvalue weighted by atomic mass is 16.6. The Morgan fingerprint density at radius 2 is 2.22 bits per heavy atom. The number of hydrogen-bond donors (Lipinski definition) is 2. The molecular formula is C14H19NO3. The van der Waals surface area contributed by atoms with Crippen molar-refractivity contribution in [1.82, 2.24) is 5.32 Å². The number of rotatable bonds is 2. The smallest absolute Gasteiger partial charge is 0.407 e. The Kier molecular flexibility index (Phi) is 3.20. The molecule has 4 heteroatoms. The first kappa shape index (κ1) is 12.7. The molecule has 1 unspecified atom stereocenters. The molecule has 4 nitrogen and oxygen atoms in total. The summed E-state index contributed by atoms with van der Waals surface area (Å²) in [5.41, 5.74) is 1.88. The number of carbonyl (C=O) groups is 1. The Morgan fingerprint density at radius 1 is 1.50 bits per heavy atom. The number of nitrogens with one attached hydrogen (secondary N) is 1. The van der Waals surface area contributed by atoms with Gasteiger partial charge in [0.05, 0.1) is 0 Å². The van der Waals surface area contributed by atoms with E-state index in [1.807, 2.05) is 26.8 Å². The monoisotopic (exact) mass is 249 g/mol. The Morgan fingerprint density at radius 3 is 2.89 bits per heavy atom. The molecule has 0 aliphatic heterocycles. The molecule has 1 aliphatic carbocycles. The third-order valence-corrected chi connectivity index (χ3v) is 2.93. The minimum atomic E-state index is -0.472. The van der Waals surface area contributed by atoms with Crippen LogP contribution in [0.25, 0.3) is 0 Å². The number of fused-ring (bicyclic) bond motifs is 1. The lowest BCUT2D eigenvalue weighted by atomic mass is 9.77. The van der Waals surface area contributed by atoms with E-state index in [1.165, 1.54) is 5.56 Å². The van der Waals surface area contributed by atoms with Crippen molar-refractivity contribution in [2.75, 3.05) is 6.54 Å². The van der Waals surface area contributed by atoms with Crippen LogP contribution in [0.15, 0.2) is 18.2 Å². The molecule has 0 bridgehead atoms. The van der Waals surface area contributed by atoms with E-state index >= 15 is 0 Å². The van der Waals surface area contributed by atoms with Crippen LogP contribution >= 0.6 is 0 Å². The van der Waals surface area contributed by atoms with E-state index in [4.69, 9.17) is 4.74 Å². The summed E-state index contributed by atoms with van der Waals surface area (Å²) in [7, 11) is 0. The lowest BCUT2D eigenvalue weighted by Crippen LogP contribution is -2.37. The zero-order chi connectivity index (χ0) is 13.3. The number of phenolic OH excluding ortho intramolecular Hbond substituents is 1. The Labute approximate surface area is 107 Å². The molecule has 0 fully saturated rings. The molecule has 18 heavy (non-hydrogen) atoms. The molecule has 0 aromatic heterocycles. The van der Waals surface area contributed by atoms with Crippen LogP contribution in [0.3, 0.4) is 0 Å². The first-order valence-corrected chi connectivity index (χ1v) is 6.14. The second-order valence-electron chi connectivity index (χ2n) is 5.67. The van der Waals surface area contributed by atoms with Gasteiger partial charge in [-0.15, -0.1) is 0 Å². The van der Waals surface area contributed by atoms with Gasteiger partial charge < -0.3 is 15.2 Å². The zero-order valence-electron chi connectivity index (χ0n) is 11.0. The molecule has 0 spiro atoms. The van der Waals surface area contributed by atoms with Crippen molar-refractivity contribution >= 4 is 6.09 Å². The Balaban J connectivity index is 1.85. The van der Waals surface area contributed by atoms with Gasteiger partial charge in [-0.3, -0.25) is 0 Å². The van der Waals surface area contributed by atoms with E-state index in [1.54, 1.807) is 12.1 Å². The molecule has 1 atom stereocenters. The van der Waals surface area contributed by atoms with Crippen molar-refractivity contribution < 1.29 is 14.6 Å². The molecule has 1 aliphatic rings. The second kappa shape index (κ2) is 4.52. The summed E-state index contributed by atoms with van der Waals surface area (Å²) in [5.74, 6) is 0.551. The summed E-state index contributed by atoms with van der Waals surface area (Å²) in [6.45, 7) is 6.06. The molecule has 98 valence electrons. The van der Waals surface area contributed by atoms with Crippen molar-refractivity contribution in [3.8, 4) is 5.75 Å². The van der Waals surface area contributed by atoms with E-state index in [0.717, 1.165) is 12.0 Å². The van der Waals surface area contributed by atoms with Crippen molar-refractivity contribution in [3.05, 3.63) is 29.3 Å². The van der Waals surface area contributed by atoms with Crippen LogP contribution < -0.4 is 5.32 Å². The highest BCUT2D eigenvalue weighted by Crippen LogP contribution is 2.36. The summed E-state index contributed by atoms with van der Waals surface area (Å²) in [6.07, 6.45) is 0.543. The third-order valence-electron chi connectivity index (χ3n) is 2.93. The number of aromatic hydroxyl groups is 1. The maximum absolute atomic E-state index is 11.5. The van der Waals surface area contributed by atoms with E-state index in [2.05, 4.69) is 5.32 Å². The van der Waals surface area contributed by atoms with Crippen molar-refractivity contribution in [2.24, 2.45) is 0 Å². The maximum Gasteiger partial charge on any atom is 0.407 e. The molecule has 0 saturated heterocycles. The van der Waals surface area contributed by atoms with Gasteiger partial charge in [-0.1, -0.05) is 6.07 Å². The maximum atomic E-state index is 11.5. The summed E-state index contributed by atoms with van der Waals surface area (Å²) in [6, 6.07) is 5.38. The first-order valence-electron chi connectivity index (χ1n) is 6.14. The normalized spacial score (nSPS) is 17.6. The molecule has 2 rings (SSSR count). The summed E-state index contributed by atoms with van der Waals surface area (Å²) in [5, 5.41) is 12.2. The lowest BCUT2D eigenvalue weighted by Gasteiger charge is -2.30. The zero-order valence-corrected chi connectivity index (χ0v) is 11.0. The highest BCUT2D eigenvalue weighted by Gasteiger charge is 2.27. The van der Waals surface area contributed by atoms with Gasteiger partial charge in [0.1, 0.15) is 11.4 Å². The highest BCUT2D eigenvalue weighted by molar-refractivity contribution is 5.68. The predicted octanol–water partition coefficient (Wildman–Crippen LogP) is 2.56. The Bertz CT molecular complexity index is 463. The molecule has 0 saturated carbocycles. The number of hydrogen-bond acceptors (Lipinski definition) is 3. The SMILES string of the molecule is CC(C)(C)OC(=O)NCC1Cc2ccc(O)cc21. The number of ether oxygens (including phenoxy) is 1. The van der Waals surface area contributed by atoms with Gasteiger partial charge in [0.2, 0.25) is 0 Å². The Hall–Kier alpha value is -1.71. The van der Waals surface area contributed by atoms with Crippen LogP contribution in [0.2, 0.25) is 0 Å². The van der Waals surface area contributed by atoms with E-state index in [0.29, 0.717) is 6.54 Å². The predicted molar refractivity (Wildman–Crippen MR) is 68.8 cm³/mol. The van der Waals surface area contributed by atoms with Crippen LogP contribution in [0.4, 0.5) is 4.79 Å². The van der Waals surface area contributed by atoms with Gasteiger partial charge in [0.25, 0.3) is 0 Å². The van der Waals surface area contributed by atoms with Gasteiger partial charge in [0, 0.05) is 12.5 Å². The second-order valence-corrected chi connectivity index (χ2v) is 5.67. The van der Waals surface area contributed by atoms with Crippen LogP contribution in [0.5, 0.6) is 5.75 Å². The van der Waals surface area contributed by atoms with Gasteiger partial charge in [-0.05, 0) is 50.5 Å². The fourth-order valence-corrected chi connectivity index (χ4v) is 2.10. The first-order chi connectivity index (χ1) is 8.35. The average molecular weight is 249 g/mol. The fourth-order valence-electron chi connectivity index (χ4n) is 2.10. The van der Waals surface area contributed by atoms with Crippen LogP contribution in [-0.4, -0.2) is 23.3 Å². The third kappa shape index (κ3) is 2.94. The van der Waals surface area contributed by atoms with Gasteiger partial charge >= 0.3 is 6.09 Å². The number of alkyl carbamates (subject to hydrolysis) is 1. The molecule has 0 heterocycles. The van der Waals surface area contributed by atoms with Gasteiger partial charge in [0.15, 0.2) is 0 Å². The summed E-state index contributed by atoms with van der Waals surface area (Å²) < 4.78 is 5.17. The molecule has 2 N–H and O–H groups in total. The van der Waals surface area contributed by atoms with Gasteiger partial charge in [-0.25, -0.2) is 4.79 Å². The molecular weight excluding hydrogens is 230 g/mol. The van der Waals surface area contributed by atoms with Crippen molar-refractivity contribution in [2.45, 2.75) is 38.7 Å². The van der Waals surface area contributed by atoms with E-state index in [9.17, 15) is 9.90 Å². The number of carbonyl (C=O) groups excluding carboxylic acids is 1. The summed E-state index contributed by atoms with van der Waals surface area (Å²) in [4.78, 5) is 11.5. The van der Waals surface area contributed by atoms with E-state index in [-0.39, 0.29) is 11.7 Å². The quantitative estimate of drug-likeness (QED) is 0.846. The largest absolute Gasteiger partial charge is 0.508 e. The fraction of sp³-hybridized carbons (Fsp3) is 0.500. The summed E-state index contributed by atoms with van der Waals surface area (Å²) >= 11 is 0. The molecule has 1 amide bonds.